The molecule has 0 saturated carbocycles. The van der Waals surface area contributed by atoms with Gasteiger partial charge in [-0.25, -0.2) is 9.18 Å². The maximum absolute atomic E-state index is 13.5. The van der Waals surface area contributed by atoms with Crippen LogP contribution in [0.3, 0.4) is 0 Å². The van der Waals surface area contributed by atoms with E-state index in [1.807, 2.05) is 0 Å². The van der Waals surface area contributed by atoms with E-state index in [0.717, 1.165) is 0 Å². The topological polar surface area (TPSA) is 118 Å². The molecule has 1 atom stereocenters. The first-order valence-electron chi connectivity index (χ1n) is 9.68. The summed E-state index contributed by atoms with van der Waals surface area (Å²) in [6.45, 7) is 7.96. The first-order valence-corrected chi connectivity index (χ1v) is 9.68. The van der Waals surface area contributed by atoms with Gasteiger partial charge in [0.2, 0.25) is 0 Å². The monoisotopic (exact) mass is 431 g/mol. The molecule has 2 amide bonds. The molecule has 0 radical (unpaired) electrons. The van der Waals surface area contributed by atoms with Crippen LogP contribution >= 0.6 is 0 Å². The number of amides is 2. The van der Waals surface area contributed by atoms with E-state index < -0.39 is 41.3 Å². The molecular weight excluding hydrogens is 405 g/mol. The van der Waals surface area contributed by atoms with Crippen molar-refractivity contribution < 1.29 is 28.7 Å². The van der Waals surface area contributed by atoms with Crippen molar-refractivity contribution >= 4 is 29.3 Å². The van der Waals surface area contributed by atoms with Crippen molar-refractivity contribution in [1.82, 2.24) is 9.88 Å². The third-order valence-corrected chi connectivity index (χ3v) is 5.21. The van der Waals surface area contributed by atoms with Crippen LogP contribution < -0.4 is 10.6 Å². The predicted molar refractivity (Wildman–Crippen MR) is 113 cm³/mol. The molecule has 166 valence electrons. The minimum atomic E-state index is -1.24. The number of aromatic nitrogens is 1. The highest BCUT2D eigenvalue weighted by molar-refractivity contribution is 6.43. The van der Waals surface area contributed by atoms with Crippen LogP contribution in [0.15, 0.2) is 18.2 Å². The van der Waals surface area contributed by atoms with E-state index in [9.17, 15) is 28.7 Å². The maximum Gasteiger partial charge on any atom is 0.326 e. The van der Waals surface area contributed by atoms with Crippen LogP contribution in [0.4, 0.5) is 10.1 Å². The Kier molecular flexibility index (Phi) is 6.99. The molecular formula is C22H26FN3O5. The zero-order chi connectivity index (χ0) is 23.6. The molecule has 2 aromatic rings. The van der Waals surface area contributed by atoms with Gasteiger partial charge >= 0.3 is 5.97 Å². The molecule has 31 heavy (non-hydrogen) atoms. The van der Waals surface area contributed by atoms with Gasteiger partial charge in [-0.2, -0.15) is 0 Å². The van der Waals surface area contributed by atoms with E-state index in [2.05, 4.69) is 10.6 Å². The second kappa shape index (κ2) is 9.11. The van der Waals surface area contributed by atoms with Crippen molar-refractivity contribution in [3.63, 3.8) is 0 Å². The summed E-state index contributed by atoms with van der Waals surface area (Å²) in [4.78, 5) is 49.4. The minimum Gasteiger partial charge on any atom is -0.480 e. The van der Waals surface area contributed by atoms with Crippen LogP contribution in [0, 0.1) is 32.5 Å². The highest BCUT2D eigenvalue weighted by Crippen LogP contribution is 2.24. The van der Waals surface area contributed by atoms with Crippen molar-refractivity contribution in [2.24, 2.45) is 13.0 Å². The van der Waals surface area contributed by atoms with Crippen LogP contribution in [-0.2, 0) is 16.6 Å². The number of benzene rings is 1. The lowest BCUT2D eigenvalue weighted by atomic mass is 10.0. The van der Waals surface area contributed by atoms with Crippen LogP contribution in [0.1, 0.15) is 51.5 Å². The molecule has 2 rings (SSSR count). The first-order chi connectivity index (χ1) is 14.4. The number of aryl methyl sites for hydroxylation is 1. The molecule has 3 N–H and O–H groups in total. The van der Waals surface area contributed by atoms with Gasteiger partial charge in [0.05, 0.1) is 11.3 Å². The lowest BCUT2D eigenvalue weighted by Crippen LogP contribution is -2.47. The number of hydrogen-bond donors (Lipinski definition) is 3. The minimum absolute atomic E-state index is 0.0108. The molecule has 0 aliphatic carbocycles. The summed E-state index contributed by atoms with van der Waals surface area (Å²) in [5.74, 6) is -4.58. The van der Waals surface area contributed by atoms with Crippen LogP contribution in [-0.4, -0.2) is 39.3 Å². The third kappa shape index (κ3) is 4.82. The summed E-state index contributed by atoms with van der Waals surface area (Å²) in [6.07, 6.45) is 0. The number of rotatable bonds is 7. The van der Waals surface area contributed by atoms with E-state index >= 15 is 0 Å². The molecule has 0 spiro atoms. The highest BCUT2D eigenvalue weighted by Gasteiger charge is 2.31. The summed E-state index contributed by atoms with van der Waals surface area (Å²) in [6, 6.07) is 2.93. The van der Waals surface area contributed by atoms with Gasteiger partial charge in [0.25, 0.3) is 17.6 Å². The number of carbonyl (C=O) groups is 4. The smallest absolute Gasteiger partial charge is 0.326 e. The number of carbonyl (C=O) groups excluding carboxylic acids is 3. The first kappa shape index (κ1) is 23.8. The number of Topliss-reactive ketones (excluding diaryl/α,β-unsaturated/α-hetero) is 1. The predicted octanol–water partition coefficient (Wildman–Crippen LogP) is 2.75. The molecule has 8 nitrogen and oxygen atoms in total. The molecule has 0 aliphatic rings. The average Bonchev–Trinajstić information content (AvgIpc) is 2.90. The molecule has 1 aromatic heterocycles. The standard InChI is InChI=1S/C22H26FN3O5/c1-10(2)17(22(30)31)25-21(29)19(27)18-12(4)16(13(5)26(18)6)20(28)24-14-7-8-15(23)11(3)9-14/h7-10,17H,1-6H3,(H,24,28)(H,25,29)(H,30,31)/t17-/m1/s1. The van der Waals surface area contributed by atoms with Gasteiger partial charge in [0.15, 0.2) is 0 Å². The number of hydrogen-bond acceptors (Lipinski definition) is 4. The van der Waals surface area contributed by atoms with Crippen molar-refractivity contribution in [3.05, 3.63) is 52.1 Å². The summed E-state index contributed by atoms with van der Waals surface area (Å²) in [5.41, 5.74) is 1.68. The van der Waals surface area contributed by atoms with E-state index in [1.54, 1.807) is 34.7 Å². The molecule has 9 heteroatoms. The van der Waals surface area contributed by atoms with Crippen molar-refractivity contribution in [2.45, 2.75) is 40.7 Å². The number of nitrogens with zero attached hydrogens (tertiary/aromatic N) is 1. The normalized spacial score (nSPS) is 11.9. The summed E-state index contributed by atoms with van der Waals surface area (Å²) in [7, 11) is 1.54. The molecule has 0 saturated heterocycles. The van der Waals surface area contributed by atoms with Gasteiger partial charge in [-0.3, -0.25) is 14.4 Å². The van der Waals surface area contributed by atoms with Gasteiger partial charge in [0.1, 0.15) is 11.9 Å². The number of anilines is 1. The van der Waals surface area contributed by atoms with Gasteiger partial charge < -0.3 is 20.3 Å². The number of aliphatic carboxylic acids is 1. The van der Waals surface area contributed by atoms with E-state index in [-0.39, 0.29) is 16.8 Å². The fraction of sp³-hybridized carbons (Fsp3) is 0.364. The number of carboxylic acids is 1. The fourth-order valence-corrected chi connectivity index (χ4v) is 3.38. The largest absolute Gasteiger partial charge is 0.480 e. The average molecular weight is 431 g/mol. The van der Waals surface area contributed by atoms with Crippen molar-refractivity contribution in [1.29, 1.82) is 0 Å². The summed E-state index contributed by atoms with van der Waals surface area (Å²) >= 11 is 0. The quantitative estimate of drug-likeness (QED) is 0.460. The number of ketones is 1. The molecule has 0 fully saturated rings. The van der Waals surface area contributed by atoms with Gasteiger partial charge in [-0.1, -0.05) is 13.8 Å². The Labute approximate surface area is 179 Å². The maximum atomic E-state index is 13.5. The number of carboxylic acid groups (broad SMARTS) is 1. The number of halogens is 1. The van der Waals surface area contributed by atoms with Gasteiger partial charge in [0, 0.05) is 18.4 Å². The zero-order valence-corrected chi connectivity index (χ0v) is 18.3. The summed E-state index contributed by atoms with van der Waals surface area (Å²) < 4.78 is 14.9. The Morgan fingerprint density at radius 2 is 1.71 bits per heavy atom. The van der Waals surface area contributed by atoms with E-state index in [1.165, 1.54) is 29.7 Å². The Balaban J connectivity index is 2.35. The Morgan fingerprint density at radius 3 is 2.23 bits per heavy atom. The highest BCUT2D eigenvalue weighted by atomic mass is 19.1. The Hall–Kier alpha value is -3.49. The van der Waals surface area contributed by atoms with Gasteiger partial charge in [-0.05, 0) is 56.0 Å². The van der Waals surface area contributed by atoms with Crippen molar-refractivity contribution in [2.75, 3.05) is 5.32 Å². The van der Waals surface area contributed by atoms with E-state index in [4.69, 9.17) is 0 Å². The molecule has 0 unspecified atom stereocenters. The van der Waals surface area contributed by atoms with Crippen LogP contribution in [0.2, 0.25) is 0 Å². The Bertz CT molecular complexity index is 1070. The zero-order valence-electron chi connectivity index (χ0n) is 18.3. The Morgan fingerprint density at radius 1 is 1.10 bits per heavy atom. The molecule has 0 bridgehead atoms. The second-order valence-corrected chi connectivity index (χ2v) is 7.77. The lowest BCUT2D eigenvalue weighted by molar-refractivity contribution is -0.142. The number of nitrogens with one attached hydrogen (secondary N) is 2. The SMILES string of the molecule is Cc1cc(NC(=O)c2c(C)c(C(=O)C(=O)N[C@@H](C(=O)O)C(C)C)n(C)c2C)ccc1F. The van der Waals surface area contributed by atoms with Gasteiger partial charge in [-0.15, -0.1) is 0 Å². The molecule has 1 heterocycles. The van der Waals surface area contributed by atoms with E-state index in [0.29, 0.717) is 16.9 Å². The third-order valence-electron chi connectivity index (χ3n) is 5.21. The summed E-state index contributed by atoms with van der Waals surface area (Å²) in [5, 5.41) is 14.2. The fourth-order valence-electron chi connectivity index (χ4n) is 3.38. The van der Waals surface area contributed by atoms with Crippen LogP contribution in [0.25, 0.3) is 0 Å². The lowest BCUT2D eigenvalue weighted by Gasteiger charge is -2.17. The molecule has 0 aliphatic heterocycles. The van der Waals surface area contributed by atoms with Crippen molar-refractivity contribution in [3.8, 4) is 0 Å². The molecule has 1 aromatic carbocycles. The van der Waals surface area contributed by atoms with Crippen LogP contribution in [0.5, 0.6) is 0 Å². The second-order valence-electron chi connectivity index (χ2n) is 7.77.